The lowest BCUT2D eigenvalue weighted by Crippen LogP contribution is -2.15. The molecule has 0 bridgehead atoms. The molecule has 0 saturated heterocycles. The minimum absolute atomic E-state index is 0.119. The highest BCUT2D eigenvalue weighted by atomic mass is 32.2. The number of hydrogen-bond acceptors (Lipinski definition) is 5. The molecule has 1 aromatic heterocycles. The predicted molar refractivity (Wildman–Crippen MR) is 119 cm³/mol. The molecule has 3 aromatic rings. The Morgan fingerprint density at radius 2 is 1.90 bits per heavy atom. The fourth-order valence-corrected chi connectivity index (χ4v) is 4.00. The third kappa shape index (κ3) is 4.65. The number of thioether (sulfide) groups is 1. The molecule has 0 spiro atoms. The summed E-state index contributed by atoms with van der Waals surface area (Å²) < 4.78 is 10.6. The van der Waals surface area contributed by atoms with Gasteiger partial charge in [0.15, 0.2) is 0 Å². The molecule has 5 nitrogen and oxygen atoms in total. The zero-order valence-corrected chi connectivity index (χ0v) is 18.3. The number of carbonyl (C=O) groups excluding carboxylic acids is 1. The smallest absolute Gasteiger partial charge is 0.234 e. The summed E-state index contributed by atoms with van der Waals surface area (Å²) in [6.07, 6.45) is 0.865. The van der Waals surface area contributed by atoms with Gasteiger partial charge in [-0.05, 0) is 55.2 Å². The van der Waals surface area contributed by atoms with E-state index in [4.69, 9.17) is 14.5 Å². The second-order valence-corrected chi connectivity index (χ2v) is 7.75. The molecule has 0 unspecified atom stereocenters. The third-order valence-electron chi connectivity index (χ3n) is 4.95. The maximum absolute atomic E-state index is 12.6. The average molecular weight is 411 g/mol. The van der Waals surface area contributed by atoms with Crippen molar-refractivity contribution in [3.05, 3.63) is 53.1 Å². The molecule has 3 rings (SSSR count). The van der Waals surface area contributed by atoms with Gasteiger partial charge in [0.2, 0.25) is 5.91 Å². The fraction of sp³-hybridized carbons (Fsp3) is 0.304. The summed E-state index contributed by atoms with van der Waals surface area (Å²) in [7, 11) is 3.16. The van der Waals surface area contributed by atoms with Crippen molar-refractivity contribution in [3.8, 4) is 11.5 Å². The van der Waals surface area contributed by atoms with Crippen molar-refractivity contribution in [2.24, 2.45) is 0 Å². The lowest BCUT2D eigenvalue weighted by molar-refractivity contribution is -0.113. The number of hydrogen-bond donors (Lipinski definition) is 1. The van der Waals surface area contributed by atoms with Crippen LogP contribution in [0.3, 0.4) is 0 Å². The first-order chi connectivity index (χ1) is 14.0. The van der Waals surface area contributed by atoms with Crippen molar-refractivity contribution >= 4 is 34.3 Å². The first-order valence-corrected chi connectivity index (χ1v) is 10.5. The van der Waals surface area contributed by atoms with Crippen molar-refractivity contribution in [2.75, 3.05) is 25.3 Å². The average Bonchev–Trinajstić information content (AvgIpc) is 2.74. The molecule has 1 N–H and O–H groups in total. The summed E-state index contributed by atoms with van der Waals surface area (Å²) in [6.45, 7) is 6.29. The van der Waals surface area contributed by atoms with Crippen LogP contribution in [-0.4, -0.2) is 30.9 Å². The molecule has 6 heteroatoms. The summed E-state index contributed by atoms with van der Waals surface area (Å²) in [6, 6.07) is 11.7. The van der Waals surface area contributed by atoms with Crippen molar-refractivity contribution < 1.29 is 14.3 Å². The minimum atomic E-state index is -0.119. The molecular formula is C23H26N2O3S. The van der Waals surface area contributed by atoms with Gasteiger partial charge in [0, 0.05) is 11.5 Å². The number of aromatic nitrogens is 1. The number of anilines is 1. The van der Waals surface area contributed by atoms with Crippen LogP contribution in [0.5, 0.6) is 11.5 Å². The van der Waals surface area contributed by atoms with Crippen molar-refractivity contribution in [1.29, 1.82) is 0 Å². The van der Waals surface area contributed by atoms with E-state index in [1.54, 1.807) is 32.4 Å². The van der Waals surface area contributed by atoms with E-state index in [0.29, 0.717) is 17.2 Å². The second kappa shape index (κ2) is 9.18. The van der Waals surface area contributed by atoms with Gasteiger partial charge in [0.1, 0.15) is 16.5 Å². The molecule has 0 saturated carbocycles. The largest absolute Gasteiger partial charge is 0.497 e. The molecule has 0 atom stereocenters. The van der Waals surface area contributed by atoms with Gasteiger partial charge in [-0.3, -0.25) is 4.79 Å². The van der Waals surface area contributed by atoms with Crippen LogP contribution >= 0.6 is 11.8 Å². The van der Waals surface area contributed by atoms with Gasteiger partial charge in [-0.1, -0.05) is 30.8 Å². The maximum Gasteiger partial charge on any atom is 0.234 e. The molecule has 0 radical (unpaired) electrons. The Hall–Kier alpha value is -2.73. The van der Waals surface area contributed by atoms with E-state index in [1.807, 2.05) is 0 Å². The van der Waals surface area contributed by atoms with Gasteiger partial charge in [-0.2, -0.15) is 0 Å². The number of pyridine rings is 1. The zero-order chi connectivity index (χ0) is 21.0. The summed E-state index contributed by atoms with van der Waals surface area (Å²) in [5, 5.41) is 4.95. The number of amides is 1. The Labute approximate surface area is 175 Å². The van der Waals surface area contributed by atoms with Crippen molar-refractivity contribution in [2.45, 2.75) is 32.2 Å². The number of benzene rings is 2. The molecule has 1 amide bonds. The Morgan fingerprint density at radius 1 is 1.10 bits per heavy atom. The maximum atomic E-state index is 12.6. The molecule has 0 aliphatic heterocycles. The molecule has 0 aliphatic carbocycles. The second-order valence-electron chi connectivity index (χ2n) is 6.79. The molecule has 0 fully saturated rings. The van der Waals surface area contributed by atoms with Crippen LogP contribution in [0.4, 0.5) is 5.69 Å². The number of aryl methyl sites for hydroxylation is 3. The van der Waals surface area contributed by atoms with Crippen LogP contribution in [0.1, 0.15) is 23.6 Å². The highest BCUT2D eigenvalue weighted by Crippen LogP contribution is 2.31. The topological polar surface area (TPSA) is 60.5 Å². The van der Waals surface area contributed by atoms with Gasteiger partial charge in [0.05, 0.1) is 31.2 Å². The van der Waals surface area contributed by atoms with E-state index in [-0.39, 0.29) is 11.7 Å². The summed E-state index contributed by atoms with van der Waals surface area (Å²) >= 11 is 1.46. The van der Waals surface area contributed by atoms with Gasteiger partial charge in [0.25, 0.3) is 0 Å². The van der Waals surface area contributed by atoms with E-state index in [0.717, 1.165) is 27.9 Å². The molecule has 0 aliphatic rings. The quantitative estimate of drug-likeness (QED) is 0.545. The normalized spacial score (nSPS) is 10.8. The van der Waals surface area contributed by atoms with E-state index < -0.39 is 0 Å². The van der Waals surface area contributed by atoms with Gasteiger partial charge < -0.3 is 14.8 Å². The number of carbonyl (C=O) groups is 1. The number of nitrogens with zero attached hydrogens (tertiary/aromatic N) is 1. The highest BCUT2D eigenvalue weighted by Gasteiger charge is 2.13. The number of rotatable bonds is 7. The number of nitrogens with one attached hydrogen (secondary N) is 1. The van der Waals surface area contributed by atoms with E-state index in [9.17, 15) is 4.79 Å². The highest BCUT2D eigenvalue weighted by molar-refractivity contribution is 8.00. The van der Waals surface area contributed by atoms with Crippen LogP contribution < -0.4 is 14.8 Å². The lowest BCUT2D eigenvalue weighted by Gasteiger charge is -2.13. The van der Waals surface area contributed by atoms with Crippen molar-refractivity contribution in [1.82, 2.24) is 4.98 Å². The zero-order valence-electron chi connectivity index (χ0n) is 17.5. The van der Waals surface area contributed by atoms with E-state index in [1.165, 1.54) is 22.9 Å². The van der Waals surface area contributed by atoms with Crippen LogP contribution in [0.2, 0.25) is 0 Å². The SMILES string of the molecule is CCc1cc2ccc(C)c(C)c2nc1SCC(=O)Nc1cc(OC)ccc1OC. The fourth-order valence-electron chi connectivity index (χ4n) is 3.12. The Balaban J connectivity index is 1.79. The number of methoxy groups -OCH3 is 2. The monoisotopic (exact) mass is 410 g/mol. The number of ether oxygens (including phenoxy) is 2. The van der Waals surface area contributed by atoms with Gasteiger partial charge in [-0.25, -0.2) is 4.98 Å². The van der Waals surface area contributed by atoms with Crippen LogP contribution in [0, 0.1) is 13.8 Å². The Bertz CT molecular complexity index is 1050. The van der Waals surface area contributed by atoms with Crippen LogP contribution in [0.25, 0.3) is 10.9 Å². The summed E-state index contributed by atoms with van der Waals surface area (Å²) in [5.41, 5.74) is 5.13. The van der Waals surface area contributed by atoms with E-state index >= 15 is 0 Å². The Kier molecular flexibility index (Phi) is 6.64. The first kappa shape index (κ1) is 21.0. The first-order valence-electron chi connectivity index (χ1n) is 9.51. The van der Waals surface area contributed by atoms with Gasteiger partial charge >= 0.3 is 0 Å². The van der Waals surface area contributed by atoms with E-state index in [2.05, 4.69) is 44.3 Å². The lowest BCUT2D eigenvalue weighted by atomic mass is 10.0. The molecule has 152 valence electrons. The molecule has 2 aromatic carbocycles. The van der Waals surface area contributed by atoms with Crippen LogP contribution in [0.15, 0.2) is 41.4 Å². The standard InChI is InChI=1S/C23H26N2O3S/c1-6-16-11-17-8-7-14(2)15(3)22(17)25-23(16)29-13-21(26)24-19-12-18(27-4)9-10-20(19)28-5/h7-12H,6,13H2,1-5H3,(H,24,26). The minimum Gasteiger partial charge on any atom is -0.497 e. The Morgan fingerprint density at radius 3 is 2.59 bits per heavy atom. The summed E-state index contributed by atoms with van der Waals surface area (Å²) in [5.74, 6) is 1.39. The van der Waals surface area contributed by atoms with Crippen molar-refractivity contribution in [3.63, 3.8) is 0 Å². The summed E-state index contributed by atoms with van der Waals surface area (Å²) in [4.78, 5) is 17.5. The third-order valence-corrected chi connectivity index (χ3v) is 5.99. The predicted octanol–water partition coefficient (Wildman–Crippen LogP) is 5.16. The van der Waals surface area contributed by atoms with Gasteiger partial charge in [-0.15, -0.1) is 0 Å². The molecular weight excluding hydrogens is 384 g/mol. The molecule has 29 heavy (non-hydrogen) atoms. The van der Waals surface area contributed by atoms with Crippen LogP contribution in [-0.2, 0) is 11.2 Å². The number of fused-ring (bicyclic) bond motifs is 1. The molecule has 1 heterocycles.